The lowest BCUT2D eigenvalue weighted by atomic mass is 10.0. The van der Waals surface area contributed by atoms with Crippen molar-refractivity contribution in [2.75, 3.05) is 32.1 Å². The first kappa shape index (κ1) is 21.7. The maximum Gasteiger partial charge on any atom is 0.270 e. The third kappa shape index (κ3) is 5.46. The number of anilines is 1. The molecule has 0 aliphatic heterocycles. The standard InChI is InChI=1S/C21H22N4O4/c1-15(12-22)13-23(2)14-20(26)24(3)19-10-9-17(25(28)29)11-18(19)21(27)16-7-5-4-6-8-16/h4-11,15H,13-14H2,1-3H3. The van der Waals surface area contributed by atoms with E-state index in [2.05, 4.69) is 6.07 Å². The van der Waals surface area contributed by atoms with Gasteiger partial charge in [0.15, 0.2) is 5.78 Å². The molecular weight excluding hydrogens is 372 g/mol. The molecule has 0 fully saturated rings. The third-order valence-electron chi connectivity index (χ3n) is 4.42. The number of hydrogen-bond acceptors (Lipinski definition) is 6. The number of rotatable bonds is 8. The fourth-order valence-electron chi connectivity index (χ4n) is 2.90. The Morgan fingerprint density at radius 3 is 2.41 bits per heavy atom. The fraction of sp³-hybridized carbons (Fsp3) is 0.286. The zero-order valence-electron chi connectivity index (χ0n) is 16.5. The van der Waals surface area contributed by atoms with Crippen LogP contribution in [-0.4, -0.2) is 48.7 Å². The topological polar surface area (TPSA) is 108 Å². The van der Waals surface area contributed by atoms with Gasteiger partial charge in [0.05, 0.1) is 34.7 Å². The number of carbonyl (C=O) groups is 2. The molecule has 0 saturated heterocycles. The second-order valence-electron chi connectivity index (χ2n) is 6.83. The number of hydrogen-bond donors (Lipinski definition) is 0. The van der Waals surface area contributed by atoms with E-state index in [0.717, 1.165) is 0 Å². The zero-order chi connectivity index (χ0) is 21.6. The molecule has 1 atom stereocenters. The first-order chi connectivity index (χ1) is 13.7. The number of ketones is 1. The van der Waals surface area contributed by atoms with E-state index in [1.807, 2.05) is 0 Å². The van der Waals surface area contributed by atoms with Crippen LogP contribution in [-0.2, 0) is 4.79 Å². The Kier molecular flexibility index (Phi) is 7.17. The van der Waals surface area contributed by atoms with Gasteiger partial charge in [-0.3, -0.25) is 24.6 Å². The van der Waals surface area contributed by atoms with Crippen molar-refractivity contribution in [3.63, 3.8) is 0 Å². The number of benzene rings is 2. The summed E-state index contributed by atoms with van der Waals surface area (Å²) >= 11 is 0. The van der Waals surface area contributed by atoms with Crippen LogP contribution >= 0.6 is 0 Å². The average Bonchev–Trinajstić information content (AvgIpc) is 2.72. The molecule has 8 heteroatoms. The lowest BCUT2D eigenvalue weighted by molar-refractivity contribution is -0.384. The van der Waals surface area contributed by atoms with Gasteiger partial charge in [0.2, 0.25) is 5.91 Å². The molecule has 0 radical (unpaired) electrons. The number of likely N-dealkylation sites (N-methyl/N-ethyl adjacent to an activating group) is 2. The minimum Gasteiger partial charge on any atom is -0.314 e. The predicted octanol–water partition coefficient (Wildman–Crippen LogP) is 2.88. The number of non-ortho nitro benzene ring substituents is 1. The molecule has 1 amide bonds. The highest BCUT2D eigenvalue weighted by molar-refractivity contribution is 6.14. The summed E-state index contributed by atoms with van der Waals surface area (Å²) in [4.78, 5) is 39.3. The van der Waals surface area contributed by atoms with E-state index >= 15 is 0 Å². The molecule has 0 bridgehead atoms. The molecule has 2 rings (SSSR count). The summed E-state index contributed by atoms with van der Waals surface area (Å²) in [7, 11) is 3.25. The van der Waals surface area contributed by atoms with Crippen LogP contribution in [0.3, 0.4) is 0 Å². The number of nitro groups is 1. The zero-order valence-corrected chi connectivity index (χ0v) is 16.5. The number of nitrogens with zero attached hydrogens (tertiary/aromatic N) is 4. The smallest absolute Gasteiger partial charge is 0.270 e. The second-order valence-corrected chi connectivity index (χ2v) is 6.83. The number of nitro benzene ring substituents is 1. The quantitative estimate of drug-likeness (QED) is 0.387. The molecule has 8 nitrogen and oxygen atoms in total. The van der Waals surface area contributed by atoms with Gasteiger partial charge in [-0.15, -0.1) is 0 Å². The maximum absolute atomic E-state index is 13.0. The molecule has 150 valence electrons. The highest BCUT2D eigenvalue weighted by Gasteiger charge is 2.23. The van der Waals surface area contributed by atoms with Crippen molar-refractivity contribution in [1.82, 2.24) is 4.90 Å². The predicted molar refractivity (Wildman–Crippen MR) is 109 cm³/mol. The van der Waals surface area contributed by atoms with Crippen LogP contribution in [0.15, 0.2) is 48.5 Å². The van der Waals surface area contributed by atoms with Crippen molar-refractivity contribution in [3.8, 4) is 6.07 Å². The molecule has 0 heterocycles. The van der Waals surface area contributed by atoms with Gasteiger partial charge in [-0.2, -0.15) is 5.26 Å². The molecule has 1 unspecified atom stereocenters. The van der Waals surface area contributed by atoms with Gasteiger partial charge >= 0.3 is 0 Å². The molecule has 2 aromatic carbocycles. The van der Waals surface area contributed by atoms with Crippen molar-refractivity contribution in [2.24, 2.45) is 5.92 Å². The summed E-state index contributed by atoms with van der Waals surface area (Å²) in [5, 5.41) is 20.1. The van der Waals surface area contributed by atoms with E-state index in [-0.39, 0.29) is 35.3 Å². The van der Waals surface area contributed by atoms with Crippen LogP contribution in [0, 0.1) is 27.4 Å². The minimum absolute atomic E-state index is 0.0402. The molecule has 29 heavy (non-hydrogen) atoms. The van der Waals surface area contributed by atoms with E-state index in [1.54, 1.807) is 49.2 Å². The highest BCUT2D eigenvalue weighted by atomic mass is 16.6. The molecule has 2 aromatic rings. The molecule has 0 saturated carbocycles. The SMILES string of the molecule is CC(C#N)CN(C)CC(=O)N(C)c1ccc([N+](=O)[O-])cc1C(=O)c1ccccc1. The Morgan fingerprint density at radius 1 is 1.17 bits per heavy atom. The Hall–Kier alpha value is -3.57. The summed E-state index contributed by atoms with van der Waals surface area (Å²) in [6.45, 7) is 2.22. The van der Waals surface area contributed by atoms with Gasteiger partial charge in [0.25, 0.3) is 5.69 Å². The van der Waals surface area contributed by atoms with Gasteiger partial charge in [0.1, 0.15) is 0 Å². The summed E-state index contributed by atoms with van der Waals surface area (Å²) in [6, 6.07) is 14.4. The van der Waals surface area contributed by atoms with E-state index in [1.165, 1.54) is 30.1 Å². The minimum atomic E-state index is -0.579. The van der Waals surface area contributed by atoms with Crippen LogP contribution in [0.5, 0.6) is 0 Å². The largest absolute Gasteiger partial charge is 0.314 e. The van der Waals surface area contributed by atoms with E-state index in [9.17, 15) is 19.7 Å². The summed E-state index contributed by atoms with van der Waals surface area (Å²) in [5.41, 5.74) is 0.509. The van der Waals surface area contributed by atoms with E-state index < -0.39 is 10.7 Å². The van der Waals surface area contributed by atoms with Gasteiger partial charge in [-0.25, -0.2) is 0 Å². The average molecular weight is 394 g/mol. The van der Waals surface area contributed by atoms with Crippen LogP contribution < -0.4 is 4.90 Å². The summed E-state index contributed by atoms with van der Waals surface area (Å²) < 4.78 is 0. The second kappa shape index (κ2) is 9.57. The lowest BCUT2D eigenvalue weighted by Gasteiger charge is -2.24. The van der Waals surface area contributed by atoms with Crippen molar-refractivity contribution in [1.29, 1.82) is 5.26 Å². The summed E-state index contributed by atoms with van der Waals surface area (Å²) in [6.07, 6.45) is 0. The normalized spacial score (nSPS) is 11.6. The lowest BCUT2D eigenvalue weighted by Crippen LogP contribution is -2.38. The van der Waals surface area contributed by atoms with Gasteiger partial charge in [-0.05, 0) is 20.0 Å². The molecular formula is C21H22N4O4. The molecule has 0 aromatic heterocycles. The molecule has 0 spiro atoms. The van der Waals surface area contributed by atoms with Crippen molar-refractivity contribution < 1.29 is 14.5 Å². The molecule has 0 aliphatic carbocycles. The monoisotopic (exact) mass is 394 g/mol. The van der Waals surface area contributed by atoms with Gasteiger partial charge < -0.3 is 4.90 Å². The summed E-state index contributed by atoms with van der Waals surface area (Å²) in [5.74, 6) is -0.934. The maximum atomic E-state index is 13.0. The Bertz CT molecular complexity index is 953. The Balaban J connectivity index is 2.36. The van der Waals surface area contributed by atoms with Crippen molar-refractivity contribution >= 4 is 23.1 Å². The van der Waals surface area contributed by atoms with Crippen LogP contribution in [0.2, 0.25) is 0 Å². The van der Waals surface area contributed by atoms with Gasteiger partial charge in [0, 0.05) is 31.3 Å². The Labute approximate surface area is 169 Å². The van der Waals surface area contributed by atoms with Crippen LogP contribution in [0.25, 0.3) is 0 Å². The van der Waals surface area contributed by atoms with E-state index in [4.69, 9.17) is 5.26 Å². The first-order valence-electron chi connectivity index (χ1n) is 8.97. The number of nitriles is 1. The van der Waals surface area contributed by atoms with Gasteiger partial charge in [-0.1, -0.05) is 30.3 Å². The van der Waals surface area contributed by atoms with Crippen LogP contribution in [0.4, 0.5) is 11.4 Å². The first-order valence-corrected chi connectivity index (χ1v) is 8.97. The fourth-order valence-corrected chi connectivity index (χ4v) is 2.90. The Morgan fingerprint density at radius 2 is 1.83 bits per heavy atom. The van der Waals surface area contributed by atoms with Crippen molar-refractivity contribution in [3.05, 3.63) is 69.8 Å². The number of amides is 1. The highest BCUT2D eigenvalue weighted by Crippen LogP contribution is 2.27. The molecule has 0 N–H and O–H groups in total. The van der Waals surface area contributed by atoms with Crippen LogP contribution in [0.1, 0.15) is 22.8 Å². The molecule has 0 aliphatic rings. The van der Waals surface area contributed by atoms with Crippen molar-refractivity contribution in [2.45, 2.75) is 6.92 Å². The van der Waals surface area contributed by atoms with E-state index in [0.29, 0.717) is 12.1 Å². The number of carbonyl (C=O) groups excluding carboxylic acids is 2. The third-order valence-corrected chi connectivity index (χ3v) is 4.42.